The topological polar surface area (TPSA) is 137 Å². The van der Waals surface area contributed by atoms with Crippen molar-refractivity contribution >= 4 is 11.9 Å². The summed E-state index contributed by atoms with van der Waals surface area (Å²) in [4.78, 5) is 25.3. The number of ether oxygens (including phenoxy) is 2. The SMILES string of the molecule is O=C1OC2(c3ccc(O)cc3Oc3cc(O)ccc32)c2cccc(CNN[C@@H](Cc3ccccc3)C(=O)O)c21. The molecule has 5 N–H and O–H groups in total. The number of carboxylic acid groups (broad SMARTS) is 1. The Hall–Kier alpha value is -4.86. The van der Waals surface area contributed by atoms with Gasteiger partial charge in [0, 0.05) is 35.4 Å². The number of fused-ring (bicyclic) bond motifs is 6. The number of nitrogens with one attached hydrogen (secondary N) is 2. The second kappa shape index (κ2) is 9.46. The first-order chi connectivity index (χ1) is 18.9. The summed E-state index contributed by atoms with van der Waals surface area (Å²) in [7, 11) is 0. The molecule has 1 atom stereocenters. The summed E-state index contributed by atoms with van der Waals surface area (Å²) in [5, 5.41) is 29.9. The van der Waals surface area contributed by atoms with Crippen molar-refractivity contribution in [2.45, 2.75) is 24.6 Å². The monoisotopic (exact) mass is 524 g/mol. The van der Waals surface area contributed by atoms with Crippen molar-refractivity contribution in [2.75, 3.05) is 0 Å². The maximum absolute atomic E-state index is 13.5. The van der Waals surface area contributed by atoms with E-state index in [1.165, 1.54) is 24.3 Å². The number of benzene rings is 4. The summed E-state index contributed by atoms with van der Waals surface area (Å²) in [5.41, 5.74) is 7.93. The first kappa shape index (κ1) is 24.5. The summed E-state index contributed by atoms with van der Waals surface area (Å²) < 4.78 is 12.1. The standard InChI is InChI=1S/C30H24N2O7/c33-19-9-11-21-25(14-19)38-26-15-20(34)10-12-22(26)30(21)23-8-4-7-18(27(23)29(37)39-30)16-31-32-24(28(35)36)13-17-5-2-1-3-6-17/h1-12,14-15,24,31-34H,13,16H2,(H,35,36)/t24-/m0/s1. The maximum atomic E-state index is 13.5. The highest BCUT2D eigenvalue weighted by Gasteiger charge is 2.54. The van der Waals surface area contributed by atoms with E-state index in [1.807, 2.05) is 30.3 Å². The summed E-state index contributed by atoms with van der Waals surface area (Å²) in [6, 6.07) is 22.9. The van der Waals surface area contributed by atoms with Crippen LogP contribution in [0.1, 0.15) is 38.2 Å². The number of carbonyl (C=O) groups excluding carboxylic acids is 1. The van der Waals surface area contributed by atoms with Gasteiger partial charge in [-0.05, 0) is 41.8 Å². The van der Waals surface area contributed by atoms with Crippen LogP contribution in [0, 0.1) is 0 Å². The van der Waals surface area contributed by atoms with E-state index in [0.717, 1.165) is 5.56 Å². The van der Waals surface area contributed by atoms with Crippen LogP contribution in [0.4, 0.5) is 0 Å². The molecule has 39 heavy (non-hydrogen) atoms. The lowest BCUT2D eigenvalue weighted by molar-refractivity contribution is -0.139. The van der Waals surface area contributed by atoms with E-state index in [4.69, 9.17) is 9.47 Å². The third-order valence-electron chi connectivity index (χ3n) is 7.02. The van der Waals surface area contributed by atoms with Gasteiger partial charge in [0.05, 0.1) is 5.56 Å². The van der Waals surface area contributed by atoms with Gasteiger partial charge in [-0.25, -0.2) is 10.2 Å². The average Bonchev–Trinajstić information content (AvgIpc) is 3.21. The van der Waals surface area contributed by atoms with Crippen molar-refractivity contribution < 1.29 is 34.4 Å². The Balaban J connectivity index is 1.35. The van der Waals surface area contributed by atoms with Crippen molar-refractivity contribution in [1.29, 1.82) is 0 Å². The quantitative estimate of drug-likeness (QED) is 0.180. The zero-order valence-electron chi connectivity index (χ0n) is 20.5. The normalized spacial score (nSPS) is 15.0. The highest BCUT2D eigenvalue weighted by atomic mass is 16.6. The molecule has 2 aliphatic heterocycles. The van der Waals surface area contributed by atoms with Gasteiger partial charge in [-0.3, -0.25) is 10.2 Å². The number of hydrogen-bond acceptors (Lipinski definition) is 8. The number of phenols is 2. The van der Waals surface area contributed by atoms with E-state index in [9.17, 15) is 24.9 Å². The Morgan fingerprint density at radius 2 is 1.51 bits per heavy atom. The lowest BCUT2D eigenvalue weighted by atomic mass is 9.77. The molecule has 0 unspecified atom stereocenters. The van der Waals surface area contributed by atoms with E-state index < -0.39 is 23.6 Å². The summed E-state index contributed by atoms with van der Waals surface area (Å²) in [6.07, 6.45) is 0.272. The highest BCUT2D eigenvalue weighted by molar-refractivity contribution is 5.98. The molecular formula is C30H24N2O7. The zero-order valence-corrected chi connectivity index (χ0v) is 20.5. The maximum Gasteiger partial charge on any atom is 0.340 e. The molecular weight excluding hydrogens is 500 g/mol. The molecule has 9 heteroatoms. The predicted octanol–water partition coefficient (Wildman–Crippen LogP) is 3.96. The van der Waals surface area contributed by atoms with Crippen LogP contribution in [0.25, 0.3) is 0 Å². The van der Waals surface area contributed by atoms with Crippen LogP contribution in [0.3, 0.4) is 0 Å². The van der Waals surface area contributed by atoms with E-state index in [1.54, 1.807) is 30.3 Å². The van der Waals surface area contributed by atoms with Gasteiger partial charge in [-0.2, -0.15) is 0 Å². The largest absolute Gasteiger partial charge is 0.508 e. The molecule has 2 heterocycles. The summed E-state index contributed by atoms with van der Waals surface area (Å²) in [5.74, 6) is -1.02. The molecule has 0 saturated heterocycles. The molecule has 0 amide bonds. The van der Waals surface area contributed by atoms with E-state index in [0.29, 0.717) is 39.3 Å². The number of hydrazine groups is 1. The Kier molecular flexibility index (Phi) is 5.94. The number of aliphatic carboxylic acids is 1. The summed E-state index contributed by atoms with van der Waals surface area (Å²) in [6.45, 7) is 0.147. The van der Waals surface area contributed by atoms with Crippen molar-refractivity contribution in [3.05, 3.63) is 118 Å². The Bertz CT molecular complexity index is 1550. The molecule has 0 radical (unpaired) electrons. The zero-order chi connectivity index (χ0) is 27.1. The second-order valence-electron chi connectivity index (χ2n) is 9.45. The first-order valence-electron chi connectivity index (χ1n) is 12.3. The number of phenolic OH excluding ortho intramolecular Hbond substituents is 2. The van der Waals surface area contributed by atoms with Gasteiger partial charge < -0.3 is 24.8 Å². The van der Waals surface area contributed by atoms with Crippen molar-refractivity contribution in [1.82, 2.24) is 10.9 Å². The highest BCUT2D eigenvalue weighted by Crippen LogP contribution is 2.57. The van der Waals surface area contributed by atoms with Gasteiger partial charge in [0.2, 0.25) is 0 Å². The summed E-state index contributed by atoms with van der Waals surface area (Å²) >= 11 is 0. The number of aromatic hydroxyl groups is 2. The number of hydrogen-bond donors (Lipinski definition) is 5. The number of carbonyl (C=O) groups is 2. The number of rotatable bonds is 7. The minimum absolute atomic E-state index is 0.0236. The van der Waals surface area contributed by atoms with Gasteiger partial charge in [0.15, 0.2) is 5.60 Å². The molecule has 1 spiro atoms. The fourth-order valence-corrected chi connectivity index (χ4v) is 5.28. The number of carboxylic acids is 1. The predicted molar refractivity (Wildman–Crippen MR) is 140 cm³/mol. The smallest absolute Gasteiger partial charge is 0.340 e. The van der Waals surface area contributed by atoms with Crippen LogP contribution in [0.5, 0.6) is 23.0 Å². The van der Waals surface area contributed by atoms with Gasteiger partial charge in [0.1, 0.15) is 29.0 Å². The molecule has 0 aliphatic carbocycles. The molecule has 0 bridgehead atoms. The second-order valence-corrected chi connectivity index (χ2v) is 9.45. The van der Waals surface area contributed by atoms with Crippen LogP contribution in [-0.4, -0.2) is 33.3 Å². The van der Waals surface area contributed by atoms with Crippen LogP contribution in [0.15, 0.2) is 84.9 Å². The molecule has 0 fully saturated rings. The molecule has 196 valence electrons. The van der Waals surface area contributed by atoms with Crippen molar-refractivity contribution in [2.24, 2.45) is 0 Å². The third-order valence-corrected chi connectivity index (χ3v) is 7.02. The molecule has 6 rings (SSSR count). The minimum Gasteiger partial charge on any atom is -0.508 e. The Labute approximate surface area is 223 Å². The molecule has 0 saturated carbocycles. The van der Waals surface area contributed by atoms with E-state index in [2.05, 4.69) is 10.9 Å². The molecule has 2 aliphatic rings. The van der Waals surface area contributed by atoms with Crippen LogP contribution in [-0.2, 0) is 28.1 Å². The lowest BCUT2D eigenvalue weighted by Crippen LogP contribution is -2.46. The first-order valence-corrected chi connectivity index (χ1v) is 12.3. The Morgan fingerprint density at radius 3 is 2.15 bits per heavy atom. The molecule has 9 nitrogen and oxygen atoms in total. The van der Waals surface area contributed by atoms with Crippen LogP contribution >= 0.6 is 0 Å². The van der Waals surface area contributed by atoms with Crippen molar-refractivity contribution in [3.8, 4) is 23.0 Å². The Morgan fingerprint density at radius 1 is 0.846 bits per heavy atom. The number of esters is 1. The van der Waals surface area contributed by atoms with E-state index in [-0.39, 0.29) is 24.5 Å². The minimum atomic E-state index is -1.36. The van der Waals surface area contributed by atoms with E-state index >= 15 is 0 Å². The third kappa shape index (κ3) is 4.14. The van der Waals surface area contributed by atoms with Crippen LogP contribution in [0.2, 0.25) is 0 Å². The van der Waals surface area contributed by atoms with Crippen molar-refractivity contribution in [3.63, 3.8) is 0 Å². The van der Waals surface area contributed by atoms with Crippen LogP contribution < -0.4 is 15.6 Å². The lowest BCUT2D eigenvalue weighted by Gasteiger charge is -2.36. The van der Waals surface area contributed by atoms with Gasteiger partial charge in [0.25, 0.3) is 0 Å². The molecule has 4 aromatic rings. The van der Waals surface area contributed by atoms with Gasteiger partial charge >= 0.3 is 11.9 Å². The molecule has 4 aromatic carbocycles. The van der Waals surface area contributed by atoms with Gasteiger partial charge in [-0.15, -0.1) is 0 Å². The fourth-order valence-electron chi connectivity index (χ4n) is 5.28. The van der Waals surface area contributed by atoms with Gasteiger partial charge in [-0.1, -0.05) is 48.5 Å². The average molecular weight is 525 g/mol. The molecule has 0 aromatic heterocycles. The fraction of sp³-hybridized carbons (Fsp3) is 0.133.